The number of aliphatic hydroxyl groups is 1. The molecular weight excluding hydrogens is 294 g/mol. The lowest BCUT2D eigenvalue weighted by Crippen LogP contribution is -2.11. The first-order chi connectivity index (χ1) is 10.2. The van der Waals surface area contributed by atoms with Crippen molar-refractivity contribution in [2.24, 2.45) is 0 Å². The van der Waals surface area contributed by atoms with Crippen LogP contribution in [0.2, 0.25) is 0 Å². The Labute approximate surface area is 125 Å². The van der Waals surface area contributed by atoms with E-state index in [0.29, 0.717) is 0 Å². The number of benzene rings is 2. The van der Waals surface area contributed by atoms with Gasteiger partial charge in [-0.2, -0.15) is 0 Å². The Morgan fingerprint density at radius 3 is 2.62 bits per heavy atom. The first-order valence-corrected chi connectivity index (χ1v) is 7.61. The maximum absolute atomic E-state index is 13.8. The van der Waals surface area contributed by atoms with Gasteiger partial charge in [0.15, 0.2) is 17.4 Å². The molecule has 2 aromatic rings. The van der Waals surface area contributed by atoms with E-state index in [4.69, 9.17) is 9.84 Å². The third-order valence-corrected chi connectivity index (χ3v) is 4.72. The van der Waals surface area contributed by atoms with Crippen LogP contribution in [0.3, 0.4) is 0 Å². The van der Waals surface area contributed by atoms with Crippen molar-refractivity contribution in [2.45, 2.75) is 17.4 Å². The van der Waals surface area contributed by atoms with Gasteiger partial charge in [0, 0.05) is 16.6 Å². The monoisotopic (exact) mass is 308 g/mol. The quantitative estimate of drug-likeness (QED) is 0.933. The van der Waals surface area contributed by atoms with Gasteiger partial charge >= 0.3 is 0 Å². The van der Waals surface area contributed by atoms with Gasteiger partial charge in [0.25, 0.3) is 0 Å². The van der Waals surface area contributed by atoms with Crippen molar-refractivity contribution in [2.75, 3.05) is 12.4 Å². The summed E-state index contributed by atoms with van der Waals surface area (Å²) in [6, 6.07) is 10.2. The van der Waals surface area contributed by atoms with Crippen LogP contribution in [0.4, 0.5) is 8.78 Å². The minimum Gasteiger partial charge on any atom is -0.487 e. The molecule has 2 aromatic carbocycles. The van der Waals surface area contributed by atoms with Crippen molar-refractivity contribution in [1.82, 2.24) is 0 Å². The number of aliphatic hydroxyl groups excluding tert-OH is 1. The molecule has 0 radical (unpaired) electrons. The predicted molar refractivity (Wildman–Crippen MR) is 77.7 cm³/mol. The molecule has 0 aliphatic carbocycles. The number of halogens is 2. The largest absolute Gasteiger partial charge is 0.487 e. The predicted octanol–water partition coefficient (Wildman–Crippen LogP) is 3.73. The van der Waals surface area contributed by atoms with Gasteiger partial charge in [0.1, 0.15) is 0 Å². The summed E-state index contributed by atoms with van der Waals surface area (Å²) in [5, 5.41) is 8.91. The maximum atomic E-state index is 13.8. The summed E-state index contributed by atoms with van der Waals surface area (Å²) < 4.78 is 32.9. The molecule has 0 spiro atoms. The van der Waals surface area contributed by atoms with Gasteiger partial charge in [-0.25, -0.2) is 8.78 Å². The van der Waals surface area contributed by atoms with E-state index in [-0.39, 0.29) is 23.8 Å². The van der Waals surface area contributed by atoms with Crippen LogP contribution in [-0.4, -0.2) is 17.5 Å². The Hall–Kier alpha value is -1.59. The number of thioether (sulfide) groups is 1. The van der Waals surface area contributed by atoms with Crippen LogP contribution in [-0.2, 0) is 6.61 Å². The molecule has 0 bridgehead atoms. The lowest BCUT2D eigenvalue weighted by Gasteiger charge is -2.14. The normalized spacial score (nSPS) is 16.8. The van der Waals surface area contributed by atoms with Crippen molar-refractivity contribution < 1.29 is 18.6 Å². The molecule has 21 heavy (non-hydrogen) atoms. The topological polar surface area (TPSA) is 29.5 Å². The molecule has 0 aromatic heterocycles. The highest BCUT2D eigenvalue weighted by Crippen LogP contribution is 2.39. The summed E-state index contributed by atoms with van der Waals surface area (Å²) in [7, 11) is 0. The summed E-state index contributed by atoms with van der Waals surface area (Å²) in [6.07, 6.45) is 0. The molecule has 1 unspecified atom stereocenters. The third kappa shape index (κ3) is 2.89. The summed E-state index contributed by atoms with van der Waals surface area (Å²) >= 11 is 1.73. The average Bonchev–Trinajstić information content (AvgIpc) is 2.89. The fourth-order valence-corrected chi connectivity index (χ4v) is 3.63. The fourth-order valence-electron chi connectivity index (χ4n) is 2.39. The van der Waals surface area contributed by atoms with Crippen molar-refractivity contribution in [3.05, 3.63) is 59.2 Å². The van der Waals surface area contributed by atoms with Crippen molar-refractivity contribution in [1.29, 1.82) is 0 Å². The van der Waals surface area contributed by atoms with Gasteiger partial charge in [-0.05, 0) is 29.3 Å². The molecule has 1 aliphatic heterocycles. The van der Waals surface area contributed by atoms with Gasteiger partial charge in [-0.15, -0.1) is 11.8 Å². The fraction of sp³-hybridized carbons (Fsp3) is 0.250. The molecule has 1 N–H and O–H groups in total. The van der Waals surface area contributed by atoms with Crippen molar-refractivity contribution >= 4 is 11.8 Å². The second kappa shape index (κ2) is 6.03. The lowest BCUT2D eigenvalue weighted by molar-refractivity contribution is 0.263. The van der Waals surface area contributed by atoms with E-state index in [2.05, 4.69) is 0 Å². The SMILES string of the molecule is OCc1cc(F)c(OCC2CSc3ccccc32)c(F)c1. The van der Waals surface area contributed by atoms with Crippen molar-refractivity contribution in [3.8, 4) is 5.75 Å². The Balaban J connectivity index is 1.75. The van der Waals surface area contributed by atoms with Crippen LogP contribution < -0.4 is 4.74 Å². The zero-order valence-corrected chi connectivity index (χ0v) is 12.0. The minimum absolute atomic E-state index is 0.127. The van der Waals surface area contributed by atoms with E-state index in [1.165, 1.54) is 4.90 Å². The molecule has 1 atom stereocenters. The van der Waals surface area contributed by atoms with Gasteiger partial charge < -0.3 is 9.84 Å². The average molecular weight is 308 g/mol. The Morgan fingerprint density at radius 1 is 1.19 bits per heavy atom. The third-order valence-electron chi connectivity index (χ3n) is 3.47. The van der Waals surface area contributed by atoms with E-state index < -0.39 is 18.2 Å². The highest BCUT2D eigenvalue weighted by molar-refractivity contribution is 7.99. The van der Waals surface area contributed by atoms with Crippen LogP contribution in [0, 0.1) is 11.6 Å². The minimum atomic E-state index is -0.780. The Bertz CT molecular complexity index is 637. The second-order valence-electron chi connectivity index (χ2n) is 4.90. The smallest absolute Gasteiger partial charge is 0.190 e. The highest BCUT2D eigenvalue weighted by Gasteiger charge is 2.24. The van der Waals surface area contributed by atoms with E-state index in [0.717, 1.165) is 23.4 Å². The molecule has 0 fully saturated rings. The summed E-state index contributed by atoms with van der Waals surface area (Å²) in [6.45, 7) is -0.170. The number of hydrogen-bond acceptors (Lipinski definition) is 3. The van der Waals surface area contributed by atoms with Gasteiger partial charge in [-0.1, -0.05) is 18.2 Å². The molecule has 2 nitrogen and oxygen atoms in total. The second-order valence-corrected chi connectivity index (χ2v) is 5.97. The van der Waals surface area contributed by atoms with Crippen LogP contribution in [0.1, 0.15) is 17.0 Å². The van der Waals surface area contributed by atoms with Gasteiger partial charge in [-0.3, -0.25) is 0 Å². The number of ether oxygens (including phenoxy) is 1. The molecule has 5 heteroatoms. The van der Waals surface area contributed by atoms with Crippen LogP contribution in [0.5, 0.6) is 5.75 Å². The van der Waals surface area contributed by atoms with Crippen LogP contribution >= 0.6 is 11.8 Å². The van der Waals surface area contributed by atoms with E-state index >= 15 is 0 Å². The molecule has 3 rings (SSSR count). The van der Waals surface area contributed by atoms with E-state index in [1.54, 1.807) is 11.8 Å². The Kier molecular flexibility index (Phi) is 4.12. The molecule has 0 saturated heterocycles. The van der Waals surface area contributed by atoms with Gasteiger partial charge in [0.2, 0.25) is 0 Å². The lowest BCUT2D eigenvalue weighted by atomic mass is 10.0. The molecule has 110 valence electrons. The Morgan fingerprint density at radius 2 is 1.90 bits per heavy atom. The van der Waals surface area contributed by atoms with E-state index in [9.17, 15) is 8.78 Å². The molecule has 0 saturated carbocycles. The number of rotatable bonds is 4. The molecule has 1 aliphatic rings. The zero-order valence-electron chi connectivity index (χ0n) is 11.2. The van der Waals surface area contributed by atoms with Crippen LogP contribution in [0.25, 0.3) is 0 Å². The molecule has 0 amide bonds. The van der Waals surface area contributed by atoms with Crippen LogP contribution in [0.15, 0.2) is 41.3 Å². The standard InChI is InChI=1S/C16H14F2O2S/c17-13-5-10(7-19)6-14(18)16(13)20-8-11-9-21-15-4-2-1-3-12(11)15/h1-6,11,19H,7-9H2. The van der Waals surface area contributed by atoms with Gasteiger partial charge in [0.05, 0.1) is 13.2 Å². The summed E-state index contributed by atoms with van der Waals surface area (Å²) in [5.41, 5.74) is 1.36. The van der Waals surface area contributed by atoms with Crippen molar-refractivity contribution in [3.63, 3.8) is 0 Å². The first kappa shape index (κ1) is 14.4. The van der Waals surface area contributed by atoms with E-state index in [1.807, 2.05) is 24.3 Å². The zero-order chi connectivity index (χ0) is 14.8. The molecular formula is C16H14F2O2S. The number of hydrogen-bond donors (Lipinski definition) is 1. The number of fused-ring (bicyclic) bond motifs is 1. The molecule has 1 heterocycles. The first-order valence-electron chi connectivity index (χ1n) is 6.62. The summed E-state index contributed by atoms with van der Waals surface area (Å²) in [4.78, 5) is 1.20. The maximum Gasteiger partial charge on any atom is 0.190 e. The highest BCUT2D eigenvalue weighted by atomic mass is 32.2. The summed E-state index contributed by atoms with van der Waals surface area (Å²) in [5.74, 6) is -0.961.